The van der Waals surface area contributed by atoms with Crippen molar-refractivity contribution in [2.75, 3.05) is 11.9 Å². The molecular weight excluding hydrogens is 394 g/mol. The lowest BCUT2D eigenvalue weighted by Gasteiger charge is -2.11. The van der Waals surface area contributed by atoms with Gasteiger partial charge in [0.25, 0.3) is 0 Å². The maximum absolute atomic E-state index is 5.43. The average Bonchev–Trinajstić information content (AvgIpc) is 2.45. The molecule has 21 heavy (non-hydrogen) atoms. The van der Waals surface area contributed by atoms with Crippen LogP contribution in [0, 0.1) is 19.3 Å². The number of rotatable bonds is 5. The Kier molecular flexibility index (Phi) is 5.72. The molecule has 0 aromatic heterocycles. The first-order valence-corrected chi connectivity index (χ1v) is 8.03. The van der Waals surface area contributed by atoms with Crippen molar-refractivity contribution in [3.63, 3.8) is 0 Å². The Hall–Kier alpha value is -1.44. The summed E-state index contributed by atoms with van der Waals surface area (Å²) in [6.45, 7) is 3.10. The Morgan fingerprint density at radius 2 is 2.00 bits per heavy atom. The highest BCUT2D eigenvalue weighted by atomic mass is 79.9. The number of halogens is 2. The lowest BCUT2D eigenvalue weighted by Crippen LogP contribution is -2.02. The van der Waals surface area contributed by atoms with E-state index in [9.17, 15) is 0 Å². The molecular formula is C17H15Br2NO. The quantitative estimate of drug-likeness (QED) is 0.691. The second-order valence-corrected chi connectivity index (χ2v) is 6.34. The van der Waals surface area contributed by atoms with Crippen molar-refractivity contribution in [1.82, 2.24) is 0 Å². The van der Waals surface area contributed by atoms with Crippen LogP contribution in [0.15, 0.2) is 45.3 Å². The Bertz CT molecular complexity index is 677. The number of hydrogen-bond donors (Lipinski definition) is 1. The molecule has 0 amide bonds. The summed E-state index contributed by atoms with van der Waals surface area (Å²) in [6.07, 6.45) is 5.19. The average molecular weight is 409 g/mol. The molecule has 0 heterocycles. The van der Waals surface area contributed by atoms with Crippen molar-refractivity contribution in [3.8, 4) is 18.1 Å². The Labute approximate surface area is 142 Å². The molecule has 4 heteroatoms. The highest BCUT2D eigenvalue weighted by molar-refractivity contribution is 9.10. The third kappa shape index (κ3) is 4.52. The molecule has 2 aromatic rings. The number of aryl methyl sites for hydroxylation is 1. The number of terminal acetylenes is 1. The second-order valence-electron chi connectivity index (χ2n) is 4.57. The molecule has 2 nitrogen and oxygen atoms in total. The van der Waals surface area contributed by atoms with Crippen LogP contribution in [0.1, 0.15) is 11.1 Å². The van der Waals surface area contributed by atoms with Crippen LogP contribution in [0.25, 0.3) is 0 Å². The number of benzene rings is 2. The molecule has 0 fully saturated rings. The van der Waals surface area contributed by atoms with Gasteiger partial charge in [0.05, 0.1) is 4.47 Å². The Morgan fingerprint density at radius 1 is 1.19 bits per heavy atom. The van der Waals surface area contributed by atoms with Crippen molar-refractivity contribution in [2.45, 2.75) is 13.5 Å². The maximum atomic E-state index is 5.43. The van der Waals surface area contributed by atoms with Gasteiger partial charge in [-0.3, -0.25) is 0 Å². The molecule has 0 atom stereocenters. The van der Waals surface area contributed by atoms with Gasteiger partial charge in [0.15, 0.2) is 0 Å². The number of nitrogens with one attached hydrogen (secondary N) is 1. The standard InChI is InChI=1S/C17H15Br2NO/c1-3-8-21-17-7-4-13(10-15(17)19)11-20-16-6-5-14(18)9-12(16)2/h1,4-7,9-10,20H,8,11H2,2H3. The summed E-state index contributed by atoms with van der Waals surface area (Å²) in [5, 5.41) is 3.43. The first-order valence-electron chi connectivity index (χ1n) is 6.45. The van der Waals surface area contributed by atoms with Crippen LogP contribution in [0.5, 0.6) is 5.75 Å². The van der Waals surface area contributed by atoms with Gasteiger partial charge in [-0.05, 0) is 64.3 Å². The van der Waals surface area contributed by atoms with E-state index in [2.05, 4.69) is 62.2 Å². The molecule has 0 radical (unpaired) electrons. The van der Waals surface area contributed by atoms with E-state index < -0.39 is 0 Å². The van der Waals surface area contributed by atoms with Gasteiger partial charge in [0, 0.05) is 16.7 Å². The minimum Gasteiger partial charge on any atom is -0.480 e. The number of ether oxygens (including phenoxy) is 1. The topological polar surface area (TPSA) is 21.3 Å². The molecule has 1 N–H and O–H groups in total. The fraction of sp³-hybridized carbons (Fsp3) is 0.176. The summed E-state index contributed by atoms with van der Waals surface area (Å²) >= 11 is 6.97. The predicted molar refractivity (Wildman–Crippen MR) is 94.7 cm³/mol. The highest BCUT2D eigenvalue weighted by Crippen LogP contribution is 2.27. The minimum atomic E-state index is 0.272. The zero-order valence-electron chi connectivity index (χ0n) is 11.6. The van der Waals surface area contributed by atoms with Crippen molar-refractivity contribution >= 4 is 37.5 Å². The van der Waals surface area contributed by atoms with E-state index in [-0.39, 0.29) is 6.61 Å². The van der Waals surface area contributed by atoms with Crippen molar-refractivity contribution in [3.05, 3.63) is 56.5 Å². The molecule has 2 rings (SSSR count). The van der Waals surface area contributed by atoms with Crippen LogP contribution in [-0.4, -0.2) is 6.61 Å². The zero-order valence-corrected chi connectivity index (χ0v) is 14.8. The SMILES string of the molecule is C#CCOc1ccc(CNc2ccc(Br)cc2C)cc1Br. The van der Waals surface area contributed by atoms with Gasteiger partial charge in [0.1, 0.15) is 12.4 Å². The van der Waals surface area contributed by atoms with Crippen molar-refractivity contribution in [2.24, 2.45) is 0 Å². The van der Waals surface area contributed by atoms with Gasteiger partial charge in [-0.1, -0.05) is 27.9 Å². The van der Waals surface area contributed by atoms with E-state index in [1.807, 2.05) is 24.3 Å². The van der Waals surface area contributed by atoms with Gasteiger partial charge in [0.2, 0.25) is 0 Å². The van der Waals surface area contributed by atoms with E-state index in [1.54, 1.807) is 0 Å². The van der Waals surface area contributed by atoms with E-state index in [4.69, 9.17) is 11.2 Å². The Balaban J connectivity index is 2.03. The largest absolute Gasteiger partial charge is 0.480 e. The number of anilines is 1. The molecule has 108 valence electrons. The van der Waals surface area contributed by atoms with E-state index in [1.165, 1.54) is 5.56 Å². The first kappa shape index (κ1) is 15.9. The lowest BCUT2D eigenvalue weighted by atomic mass is 10.1. The third-order valence-electron chi connectivity index (χ3n) is 2.98. The van der Waals surface area contributed by atoms with E-state index in [0.29, 0.717) is 0 Å². The maximum Gasteiger partial charge on any atom is 0.148 e. The van der Waals surface area contributed by atoms with E-state index in [0.717, 1.165) is 32.5 Å². The molecule has 0 bridgehead atoms. The van der Waals surface area contributed by atoms with Crippen LogP contribution in [-0.2, 0) is 6.54 Å². The fourth-order valence-electron chi connectivity index (χ4n) is 1.91. The second kappa shape index (κ2) is 7.53. The summed E-state index contributed by atoms with van der Waals surface area (Å²) in [5.74, 6) is 3.22. The normalized spacial score (nSPS) is 10.0. The lowest BCUT2D eigenvalue weighted by molar-refractivity contribution is 0.368. The van der Waals surface area contributed by atoms with Gasteiger partial charge in [-0.15, -0.1) is 6.42 Å². The third-order valence-corrected chi connectivity index (χ3v) is 4.09. The molecule has 0 aliphatic heterocycles. The molecule has 0 unspecified atom stereocenters. The van der Waals surface area contributed by atoms with Gasteiger partial charge in [-0.2, -0.15) is 0 Å². The zero-order chi connectivity index (χ0) is 15.2. The smallest absolute Gasteiger partial charge is 0.148 e. The summed E-state index contributed by atoms with van der Waals surface area (Å²) in [4.78, 5) is 0. The molecule has 0 spiro atoms. The molecule has 0 aliphatic rings. The fourth-order valence-corrected chi connectivity index (χ4v) is 2.93. The van der Waals surface area contributed by atoms with Crippen molar-refractivity contribution in [1.29, 1.82) is 0 Å². The molecule has 0 saturated heterocycles. The van der Waals surface area contributed by atoms with Crippen LogP contribution < -0.4 is 10.1 Å². The molecule has 0 saturated carbocycles. The van der Waals surface area contributed by atoms with Gasteiger partial charge < -0.3 is 10.1 Å². The van der Waals surface area contributed by atoms with Crippen molar-refractivity contribution < 1.29 is 4.74 Å². The van der Waals surface area contributed by atoms with E-state index >= 15 is 0 Å². The first-order chi connectivity index (χ1) is 10.1. The summed E-state index contributed by atoms with van der Waals surface area (Å²) in [7, 11) is 0. The van der Waals surface area contributed by atoms with Gasteiger partial charge in [-0.25, -0.2) is 0 Å². The summed E-state index contributed by atoms with van der Waals surface area (Å²) in [5.41, 5.74) is 3.50. The van der Waals surface area contributed by atoms with Crippen LogP contribution >= 0.6 is 31.9 Å². The summed E-state index contributed by atoms with van der Waals surface area (Å²) < 4.78 is 7.42. The minimum absolute atomic E-state index is 0.272. The molecule has 0 aliphatic carbocycles. The van der Waals surface area contributed by atoms with Crippen LogP contribution in [0.4, 0.5) is 5.69 Å². The number of hydrogen-bond acceptors (Lipinski definition) is 2. The monoisotopic (exact) mass is 407 g/mol. The highest BCUT2D eigenvalue weighted by Gasteiger charge is 2.03. The molecule has 2 aromatic carbocycles. The van der Waals surface area contributed by atoms with Gasteiger partial charge >= 0.3 is 0 Å². The predicted octanol–water partition coefficient (Wildman–Crippen LogP) is 5.14. The Morgan fingerprint density at radius 3 is 2.67 bits per heavy atom. The van der Waals surface area contributed by atoms with Crippen LogP contribution in [0.3, 0.4) is 0 Å². The summed E-state index contributed by atoms with van der Waals surface area (Å²) in [6, 6.07) is 12.2. The van der Waals surface area contributed by atoms with Crippen LogP contribution in [0.2, 0.25) is 0 Å².